The molecule has 3 heteroatoms. The molecule has 3 nitrogen and oxygen atoms in total. The topological polar surface area (TPSA) is 44.5 Å². The standard InChI is InChI=1S/C16H25NO2/c1-4-19-14-11-13(15(18-3)10-12(14)2)16(17)8-6-5-7-9-16/h10-11H,4-9,17H2,1-3H3. The molecule has 1 saturated carbocycles. The Morgan fingerprint density at radius 1 is 1.16 bits per heavy atom. The largest absolute Gasteiger partial charge is 0.496 e. The van der Waals surface area contributed by atoms with Gasteiger partial charge < -0.3 is 15.2 Å². The zero-order chi connectivity index (χ0) is 13.9. The maximum absolute atomic E-state index is 6.64. The van der Waals surface area contributed by atoms with Gasteiger partial charge in [0.1, 0.15) is 11.5 Å². The Morgan fingerprint density at radius 2 is 1.84 bits per heavy atom. The van der Waals surface area contributed by atoms with E-state index in [1.807, 2.05) is 19.9 Å². The van der Waals surface area contributed by atoms with Gasteiger partial charge in [0.25, 0.3) is 0 Å². The molecule has 2 N–H and O–H groups in total. The minimum absolute atomic E-state index is 0.261. The SMILES string of the molecule is CCOc1cc(C2(N)CCCCC2)c(OC)cc1C. The van der Waals surface area contributed by atoms with E-state index in [1.165, 1.54) is 19.3 Å². The number of methoxy groups -OCH3 is 1. The molecule has 0 bridgehead atoms. The highest BCUT2D eigenvalue weighted by Gasteiger charge is 2.32. The average Bonchev–Trinajstić information content (AvgIpc) is 2.41. The molecule has 19 heavy (non-hydrogen) atoms. The first-order chi connectivity index (χ1) is 9.10. The Labute approximate surface area is 116 Å². The van der Waals surface area contributed by atoms with E-state index >= 15 is 0 Å². The van der Waals surface area contributed by atoms with E-state index < -0.39 is 0 Å². The molecule has 2 rings (SSSR count). The van der Waals surface area contributed by atoms with Gasteiger partial charge in [0, 0.05) is 11.1 Å². The smallest absolute Gasteiger partial charge is 0.124 e. The van der Waals surface area contributed by atoms with Gasteiger partial charge in [-0.1, -0.05) is 19.3 Å². The number of nitrogens with two attached hydrogens (primary N) is 1. The third-order valence-corrected chi connectivity index (χ3v) is 4.08. The second-order valence-electron chi connectivity index (χ2n) is 5.47. The first-order valence-electron chi connectivity index (χ1n) is 7.21. The van der Waals surface area contributed by atoms with Crippen molar-refractivity contribution in [2.45, 2.75) is 51.5 Å². The maximum Gasteiger partial charge on any atom is 0.124 e. The van der Waals surface area contributed by atoms with E-state index in [2.05, 4.69) is 6.07 Å². The summed E-state index contributed by atoms with van der Waals surface area (Å²) >= 11 is 0. The molecule has 0 atom stereocenters. The second-order valence-corrected chi connectivity index (χ2v) is 5.47. The van der Waals surface area contributed by atoms with Crippen LogP contribution >= 0.6 is 0 Å². The number of hydrogen-bond acceptors (Lipinski definition) is 3. The molecule has 0 saturated heterocycles. The van der Waals surface area contributed by atoms with Crippen LogP contribution in [0.3, 0.4) is 0 Å². The van der Waals surface area contributed by atoms with Gasteiger partial charge in [0.15, 0.2) is 0 Å². The lowest BCUT2D eigenvalue weighted by Gasteiger charge is -2.35. The fourth-order valence-corrected chi connectivity index (χ4v) is 2.98. The molecule has 1 aromatic carbocycles. The van der Waals surface area contributed by atoms with Crippen LogP contribution in [0.25, 0.3) is 0 Å². The van der Waals surface area contributed by atoms with Crippen molar-refractivity contribution in [3.8, 4) is 11.5 Å². The monoisotopic (exact) mass is 263 g/mol. The molecule has 1 aromatic rings. The first kappa shape index (κ1) is 14.2. The van der Waals surface area contributed by atoms with Crippen LogP contribution in [0, 0.1) is 6.92 Å². The fraction of sp³-hybridized carbons (Fsp3) is 0.625. The summed E-state index contributed by atoms with van der Waals surface area (Å²) in [4.78, 5) is 0. The van der Waals surface area contributed by atoms with Gasteiger partial charge in [-0.2, -0.15) is 0 Å². The Bertz CT molecular complexity index is 437. The zero-order valence-electron chi connectivity index (χ0n) is 12.3. The van der Waals surface area contributed by atoms with E-state index in [9.17, 15) is 0 Å². The normalized spacial score (nSPS) is 18.1. The van der Waals surface area contributed by atoms with Crippen LogP contribution in [0.4, 0.5) is 0 Å². The van der Waals surface area contributed by atoms with Crippen LogP contribution in [0.5, 0.6) is 11.5 Å². The highest BCUT2D eigenvalue weighted by atomic mass is 16.5. The van der Waals surface area contributed by atoms with Gasteiger partial charge in [-0.25, -0.2) is 0 Å². The average molecular weight is 263 g/mol. The molecule has 0 unspecified atom stereocenters. The quantitative estimate of drug-likeness (QED) is 0.904. The fourth-order valence-electron chi connectivity index (χ4n) is 2.98. The number of benzene rings is 1. The predicted molar refractivity (Wildman–Crippen MR) is 77.9 cm³/mol. The molecule has 0 aromatic heterocycles. The summed E-state index contributed by atoms with van der Waals surface area (Å²) < 4.78 is 11.2. The first-order valence-corrected chi connectivity index (χ1v) is 7.21. The molecule has 0 heterocycles. The molecule has 0 amide bonds. The Hall–Kier alpha value is -1.22. The van der Waals surface area contributed by atoms with E-state index in [0.29, 0.717) is 6.61 Å². The van der Waals surface area contributed by atoms with Gasteiger partial charge in [-0.3, -0.25) is 0 Å². The lowest BCUT2D eigenvalue weighted by Crippen LogP contribution is -2.39. The molecular weight excluding hydrogens is 238 g/mol. The van der Waals surface area contributed by atoms with E-state index in [4.69, 9.17) is 15.2 Å². The van der Waals surface area contributed by atoms with Crippen molar-refractivity contribution in [1.82, 2.24) is 0 Å². The lowest BCUT2D eigenvalue weighted by atomic mass is 9.77. The summed E-state index contributed by atoms with van der Waals surface area (Å²) in [6, 6.07) is 4.13. The maximum atomic E-state index is 6.64. The van der Waals surface area contributed by atoms with Crippen molar-refractivity contribution in [2.24, 2.45) is 5.73 Å². The summed E-state index contributed by atoms with van der Waals surface area (Å²) in [7, 11) is 1.71. The summed E-state index contributed by atoms with van der Waals surface area (Å²) in [5, 5.41) is 0. The van der Waals surface area contributed by atoms with E-state index in [0.717, 1.165) is 35.5 Å². The van der Waals surface area contributed by atoms with Crippen LogP contribution in [0.2, 0.25) is 0 Å². The van der Waals surface area contributed by atoms with Gasteiger partial charge in [-0.05, 0) is 44.4 Å². The lowest BCUT2D eigenvalue weighted by molar-refractivity contribution is 0.284. The van der Waals surface area contributed by atoms with Crippen molar-refractivity contribution in [3.63, 3.8) is 0 Å². The van der Waals surface area contributed by atoms with Crippen molar-refractivity contribution < 1.29 is 9.47 Å². The number of aryl methyl sites for hydroxylation is 1. The van der Waals surface area contributed by atoms with Crippen LogP contribution in [0.1, 0.15) is 50.2 Å². The van der Waals surface area contributed by atoms with Crippen molar-refractivity contribution in [2.75, 3.05) is 13.7 Å². The highest BCUT2D eigenvalue weighted by Crippen LogP contribution is 2.41. The van der Waals surface area contributed by atoms with Crippen molar-refractivity contribution >= 4 is 0 Å². The van der Waals surface area contributed by atoms with Crippen molar-refractivity contribution in [3.05, 3.63) is 23.3 Å². The summed E-state index contributed by atoms with van der Waals surface area (Å²) in [5.74, 6) is 1.82. The molecule has 1 fully saturated rings. The molecule has 106 valence electrons. The molecule has 1 aliphatic carbocycles. The molecule has 0 radical (unpaired) electrons. The highest BCUT2D eigenvalue weighted by molar-refractivity contribution is 5.49. The van der Waals surface area contributed by atoms with Gasteiger partial charge in [0.05, 0.1) is 13.7 Å². The van der Waals surface area contributed by atoms with Gasteiger partial charge >= 0.3 is 0 Å². The van der Waals surface area contributed by atoms with Crippen LogP contribution in [-0.2, 0) is 5.54 Å². The number of hydrogen-bond donors (Lipinski definition) is 1. The number of rotatable bonds is 4. The van der Waals surface area contributed by atoms with Crippen LogP contribution in [-0.4, -0.2) is 13.7 Å². The van der Waals surface area contributed by atoms with Gasteiger partial charge in [0.2, 0.25) is 0 Å². The minimum atomic E-state index is -0.261. The van der Waals surface area contributed by atoms with Crippen LogP contribution < -0.4 is 15.2 Å². The molecule has 1 aliphatic rings. The third-order valence-electron chi connectivity index (χ3n) is 4.08. The predicted octanol–water partition coefficient (Wildman–Crippen LogP) is 3.52. The summed E-state index contributed by atoms with van der Waals surface area (Å²) in [6.45, 7) is 4.72. The third kappa shape index (κ3) is 2.86. The Balaban J connectivity index is 2.44. The van der Waals surface area contributed by atoms with E-state index in [1.54, 1.807) is 7.11 Å². The van der Waals surface area contributed by atoms with E-state index in [-0.39, 0.29) is 5.54 Å². The molecule has 0 aliphatic heterocycles. The summed E-state index contributed by atoms with van der Waals surface area (Å²) in [6.07, 6.45) is 5.72. The zero-order valence-corrected chi connectivity index (χ0v) is 12.3. The summed E-state index contributed by atoms with van der Waals surface area (Å²) in [5.41, 5.74) is 8.58. The Morgan fingerprint density at radius 3 is 2.42 bits per heavy atom. The Kier molecular flexibility index (Phi) is 4.35. The van der Waals surface area contributed by atoms with Gasteiger partial charge in [-0.15, -0.1) is 0 Å². The molecular formula is C16H25NO2. The van der Waals surface area contributed by atoms with Crippen molar-refractivity contribution in [1.29, 1.82) is 0 Å². The number of ether oxygens (including phenoxy) is 2. The minimum Gasteiger partial charge on any atom is -0.496 e. The second kappa shape index (κ2) is 5.83. The molecule has 0 spiro atoms. The van der Waals surface area contributed by atoms with Crippen LogP contribution in [0.15, 0.2) is 12.1 Å².